The second kappa shape index (κ2) is 15.4. The Bertz CT molecular complexity index is 886. The Hall–Kier alpha value is -2.45. The van der Waals surface area contributed by atoms with Crippen LogP contribution in [0, 0.1) is 0 Å². The molecule has 7 nitrogen and oxygen atoms in total. The summed E-state index contributed by atoms with van der Waals surface area (Å²) in [4.78, 5) is 24.4. The molecule has 0 aliphatic carbocycles. The van der Waals surface area contributed by atoms with Crippen LogP contribution in [0.2, 0.25) is 0 Å². The number of unbranched alkanes of at least 4 members (excludes halogenated alkanes) is 6. The molecule has 32 heavy (non-hydrogen) atoms. The van der Waals surface area contributed by atoms with Gasteiger partial charge in [0.1, 0.15) is 18.1 Å². The largest absolute Gasteiger partial charge is 0.458 e. The maximum absolute atomic E-state index is 12.6. The van der Waals surface area contributed by atoms with Gasteiger partial charge in [-0.1, -0.05) is 69.9 Å². The van der Waals surface area contributed by atoms with E-state index in [1.807, 2.05) is 12.2 Å². The highest BCUT2D eigenvalue weighted by atomic mass is 32.2. The second-order valence-electron chi connectivity index (χ2n) is 7.29. The molecular formula is C24H34O7S. The lowest BCUT2D eigenvalue weighted by Crippen LogP contribution is -2.18. The second-order valence-corrected chi connectivity index (χ2v) is 8.68. The van der Waals surface area contributed by atoms with E-state index in [9.17, 15) is 22.6 Å². The third kappa shape index (κ3) is 10.2. The van der Waals surface area contributed by atoms with E-state index >= 15 is 0 Å². The van der Waals surface area contributed by atoms with Gasteiger partial charge in [0.2, 0.25) is 0 Å². The molecule has 0 saturated heterocycles. The number of carbonyl (C=O) groups is 2. The highest BCUT2D eigenvalue weighted by Crippen LogP contribution is 2.22. The van der Waals surface area contributed by atoms with E-state index in [0.29, 0.717) is 0 Å². The monoisotopic (exact) mass is 466 g/mol. The fraction of sp³-hybridized carbons (Fsp3) is 0.500. The molecule has 0 heterocycles. The zero-order valence-corrected chi connectivity index (χ0v) is 19.7. The predicted octanol–water partition coefficient (Wildman–Crippen LogP) is 5.52. The lowest BCUT2D eigenvalue weighted by Gasteiger charge is -2.11. The van der Waals surface area contributed by atoms with E-state index in [4.69, 9.17) is 9.47 Å². The van der Waals surface area contributed by atoms with Crippen molar-refractivity contribution in [2.45, 2.75) is 70.1 Å². The van der Waals surface area contributed by atoms with Crippen LogP contribution in [0.25, 0.3) is 0 Å². The van der Waals surface area contributed by atoms with E-state index in [1.54, 1.807) is 12.2 Å². The van der Waals surface area contributed by atoms with Gasteiger partial charge >= 0.3 is 11.9 Å². The molecule has 0 spiro atoms. The highest BCUT2D eigenvalue weighted by molar-refractivity contribution is 7.86. The summed E-state index contributed by atoms with van der Waals surface area (Å²) in [6, 6.07) is 3.56. The molecule has 0 atom stereocenters. The molecule has 0 fully saturated rings. The summed E-state index contributed by atoms with van der Waals surface area (Å²) in [6.45, 7) is 4.11. The van der Waals surface area contributed by atoms with E-state index in [2.05, 4.69) is 13.8 Å². The molecule has 0 amide bonds. The number of esters is 2. The van der Waals surface area contributed by atoms with Gasteiger partial charge in [0, 0.05) is 0 Å². The van der Waals surface area contributed by atoms with E-state index in [1.165, 1.54) is 12.1 Å². The zero-order chi connectivity index (χ0) is 23.8. The van der Waals surface area contributed by atoms with Gasteiger partial charge in [0.15, 0.2) is 0 Å². The molecule has 178 valence electrons. The van der Waals surface area contributed by atoms with Crippen molar-refractivity contribution in [2.75, 3.05) is 13.2 Å². The number of hydrogen-bond donors (Lipinski definition) is 1. The summed E-state index contributed by atoms with van der Waals surface area (Å²) in [7, 11) is -4.76. The van der Waals surface area contributed by atoms with Gasteiger partial charge in [-0.15, -0.1) is 0 Å². The molecule has 1 aromatic carbocycles. The van der Waals surface area contributed by atoms with Crippen molar-refractivity contribution >= 4 is 22.1 Å². The Morgan fingerprint density at radius 2 is 1.38 bits per heavy atom. The Balaban J connectivity index is 2.89. The van der Waals surface area contributed by atoms with Crippen LogP contribution in [0.5, 0.6) is 0 Å². The number of rotatable bonds is 15. The zero-order valence-electron chi connectivity index (χ0n) is 18.9. The number of benzene rings is 1. The summed E-state index contributed by atoms with van der Waals surface area (Å²) in [5.74, 6) is -1.91. The molecule has 0 unspecified atom stereocenters. The maximum atomic E-state index is 12.6. The first-order valence-corrected chi connectivity index (χ1v) is 12.5. The van der Waals surface area contributed by atoms with Crippen LogP contribution >= 0.6 is 0 Å². The van der Waals surface area contributed by atoms with Crippen molar-refractivity contribution < 1.29 is 32.0 Å². The third-order valence-electron chi connectivity index (χ3n) is 4.63. The summed E-state index contributed by atoms with van der Waals surface area (Å²) < 4.78 is 43.3. The Kier molecular flexibility index (Phi) is 13.2. The van der Waals surface area contributed by atoms with Crippen LogP contribution in [0.15, 0.2) is 47.4 Å². The fourth-order valence-corrected chi connectivity index (χ4v) is 3.62. The van der Waals surface area contributed by atoms with Gasteiger partial charge in [0.05, 0.1) is 11.1 Å². The number of carbonyl (C=O) groups excluding carboxylic acids is 2. The van der Waals surface area contributed by atoms with Crippen molar-refractivity contribution in [3.8, 4) is 0 Å². The van der Waals surface area contributed by atoms with Crippen LogP contribution in [0.1, 0.15) is 85.9 Å². The molecule has 0 aliphatic rings. The van der Waals surface area contributed by atoms with Crippen molar-refractivity contribution in [1.29, 1.82) is 0 Å². The van der Waals surface area contributed by atoms with E-state index in [0.717, 1.165) is 57.4 Å². The fourth-order valence-electron chi connectivity index (χ4n) is 2.92. The van der Waals surface area contributed by atoms with Crippen LogP contribution in [-0.4, -0.2) is 38.1 Å². The normalized spacial score (nSPS) is 11.8. The van der Waals surface area contributed by atoms with E-state index in [-0.39, 0.29) is 18.8 Å². The first-order valence-electron chi connectivity index (χ1n) is 11.1. The van der Waals surface area contributed by atoms with Crippen LogP contribution in [0.3, 0.4) is 0 Å². The summed E-state index contributed by atoms with van der Waals surface area (Å²) >= 11 is 0. The van der Waals surface area contributed by atoms with Gasteiger partial charge in [-0.2, -0.15) is 8.42 Å². The van der Waals surface area contributed by atoms with Crippen LogP contribution in [-0.2, 0) is 19.6 Å². The topological polar surface area (TPSA) is 107 Å². The molecular weight excluding hydrogens is 432 g/mol. The van der Waals surface area contributed by atoms with Gasteiger partial charge in [0.25, 0.3) is 10.1 Å². The van der Waals surface area contributed by atoms with E-state index < -0.39 is 32.5 Å². The maximum Gasteiger partial charge on any atom is 0.340 e. The van der Waals surface area contributed by atoms with Gasteiger partial charge in [-0.25, -0.2) is 9.59 Å². The van der Waals surface area contributed by atoms with Crippen molar-refractivity contribution in [3.05, 3.63) is 53.6 Å². The predicted molar refractivity (Wildman–Crippen MR) is 123 cm³/mol. The van der Waals surface area contributed by atoms with Crippen molar-refractivity contribution in [2.24, 2.45) is 0 Å². The first-order chi connectivity index (χ1) is 15.3. The minimum atomic E-state index is -4.76. The molecule has 1 N–H and O–H groups in total. The smallest absolute Gasteiger partial charge is 0.340 e. The molecule has 0 saturated carbocycles. The number of ether oxygens (including phenoxy) is 2. The molecule has 0 bridgehead atoms. The average molecular weight is 467 g/mol. The van der Waals surface area contributed by atoms with Gasteiger partial charge in [-0.3, -0.25) is 4.55 Å². The summed E-state index contributed by atoms with van der Waals surface area (Å²) in [5, 5.41) is 0. The summed E-state index contributed by atoms with van der Waals surface area (Å²) in [6.07, 6.45) is 15.3. The summed E-state index contributed by atoms with van der Waals surface area (Å²) in [5.41, 5.74) is -0.817. The molecule has 1 aromatic rings. The Labute approximate surface area is 191 Å². The lowest BCUT2D eigenvalue weighted by atomic mass is 10.1. The third-order valence-corrected chi connectivity index (χ3v) is 5.53. The Morgan fingerprint density at radius 3 is 1.88 bits per heavy atom. The number of allylic oxidation sites excluding steroid dienone is 2. The first kappa shape index (κ1) is 27.6. The van der Waals surface area contributed by atoms with Crippen LogP contribution < -0.4 is 0 Å². The molecule has 0 aromatic heterocycles. The minimum absolute atomic E-state index is 0.0178. The van der Waals surface area contributed by atoms with Crippen LogP contribution in [0.4, 0.5) is 0 Å². The van der Waals surface area contributed by atoms with Crippen molar-refractivity contribution in [3.63, 3.8) is 0 Å². The molecule has 0 radical (unpaired) electrons. The number of hydrogen-bond acceptors (Lipinski definition) is 6. The van der Waals surface area contributed by atoms with Gasteiger partial charge in [-0.05, 0) is 37.8 Å². The molecule has 8 heteroatoms. The quantitative estimate of drug-likeness (QED) is 0.157. The average Bonchev–Trinajstić information content (AvgIpc) is 2.76. The molecule has 0 aliphatic heterocycles. The SMILES string of the molecule is CCCCC/C=C/COC(=O)c1cccc(S(=O)(=O)O)c1C(=O)OC/C=C/CCCCC. The van der Waals surface area contributed by atoms with Gasteiger partial charge < -0.3 is 9.47 Å². The lowest BCUT2D eigenvalue weighted by molar-refractivity contribution is 0.0499. The minimum Gasteiger partial charge on any atom is -0.458 e. The van der Waals surface area contributed by atoms with Crippen molar-refractivity contribution in [1.82, 2.24) is 0 Å². The standard InChI is InChI=1S/C24H34O7S/c1-3-5-7-9-11-13-18-30-23(25)20-16-15-17-21(32(27,28)29)22(20)24(26)31-19-14-12-10-8-6-4-2/h11-17H,3-10,18-19H2,1-2H3,(H,27,28,29)/b13-11+,14-12+. The molecule has 1 rings (SSSR count). The Morgan fingerprint density at radius 1 is 0.844 bits per heavy atom. The highest BCUT2D eigenvalue weighted by Gasteiger charge is 2.28.